The van der Waals surface area contributed by atoms with Gasteiger partial charge in [-0.1, -0.05) is 35.8 Å². The molecule has 0 N–H and O–H groups in total. The van der Waals surface area contributed by atoms with E-state index in [4.69, 9.17) is 9.47 Å². The maximum atomic E-state index is 5.61. The van der Waals surface area contributed by atoms with Crippen LogP contribution in [0.3, 0.4) is 0 Å². The van der Waals surface area contributed by atoms with Crippen LogP contribution in [0.2, 0.25) is 0 Å². The second-order valence-corrected chi connectivity index (χ2v) is 6.59. The Balaban J connectivity index is 2.66. The SMILES string of the molecule is COCCOc1ccc(C(Br)CC(C)C)cc1Br. The van der Waals surface area contributed by atoms with Gasteiger partial charge >= 0.3 is 0 Å². The minimum Gasteiger partial charge on any atom is -0.490 e. The molecule has 0 radical (unpaired) electrons. The molecule has 1 aromatic rings. The van der Waals surface area contributed by atoms with Crippen LogP contribution in [0.1, 0.15) is 30.7 Å². The summed E-state index contributed by atoms with van der Waals surface area (Å²) in [5.41, 5.74) is 1.27. The molecule has 0 aromatic heterocycles. The van der Waals surface area contributed by atoms with Gasteiger partial charge in [0.2, 0.25) is 0 Å². The quantitative estimate of drug-likeness (QED) is 0.492. The smallest absolute Gasteiger partial charge is 0.133 e. The first-order valence-corrected chi connectivity index (χ1v) is 7.80. The number of halogens is 2. The number of benzene rings is 1. The molecule has 0 aliphatic carbocycles. The normalized spacial score (nSPS) is 12.8. The van der Waals surface area contributed by atoms with Crippen LogP contribution in [0.4, 0.5) is 0 Å². The van der Waals surface area contributed by atoms with Gasteiger partial charge in [-0.05, 0) is 46.0 Å². The predicted octanol–water partition coefficient (Wildman–Crippen LogP) is 4.96. The fourth-order valence-electron chi connectivity index (χ4n) is 1.61. The van der Waals surface area contributed by atoms with Crippen LogP contribution >= 0.6 is 31.9 Å². The summed E-state index contributed by atoms with van der Waals surface area (Å²) < 4.78 is 11.6. The average Bonchev–Trinajstić information content (AvgIpc) is 2.30. The molecule has 0 fully saturated rings. The van der Waals surface area contributed by atoms with Crippen molar-refractivity contribution in [2.45, 2.75) is 25.1 Å². The van der Waals surface area contributed by atoms with Crippen LogP contribution in [0.15, 0.2) is 22.7 Å². The molecule has 18 heavy (non-hydrogen) atoms. The highest BCUT2D eigenvalue weighted by Gasteiger charge is 2.11. The molecule has 0 amide bonds. The van der Waals surface area contributed by atoms with E-state index < -0.39 is 0 Å². The lowest BCUT2D eigenvalue weighted by Crippen LogP contribution is -2.05. The van der Waals surface area contributed by atoms with E-state index in [1.807, 2.05) is 6.07 Å². The van der Waals surface area contributed by atoms with Crippen LogP contribution in [0.25, 0.3) is 0 Å². The highest BCUT2D eigenvalue weighted by atomic mass is 79.9. The molecule has 0 aliphatic rings. The molecule has 0 heterocycles. The minimum absolute atomic E-state index is 0.391. The standard InChI is InChI=1S/C14H20Br2O2/c1-10(2)8-12(15)11-4-5-14(13(16)9-11)18-7-6-17-3/h4-5,9-10,12H,6-8H2,1-3H3. The van der Waals surface area contributed by atoms with Crippen LogP contribution in [-0.2, 0) is 4.74 Å². The largest absolute Gasteiger partial charge is 0.490 e. The van der Waals surface area contributed by atoms with Gasteiger partial charge in [-0.15, -0.1) is 0 Å². The lowest BCUT2D eigenvalue weighted by molar-refractivity contribution is 0.146. The molecule has 0 saturated carbocycles. The molecular weight excluding hydrogens is 360 g/mol. The summed E-state index contributed by atoms with van der Waals surface area (Å²) in [6.45, 7) is 5.62. The summed E-state index contributed by atoms with van der Waals surface area (Å²) >= 11 is 7.27. The van der Waals surface area contributed by atoms with Crippen molar-refractivity contribution in [2.24, 2.45) is 5.92 Å². The number of hydrogen-bond donors (Lipinski definition) is 0. The topological polar surface area (TPSA) is 18.5 Å². The third kappa shape index (κ3) is 5.29. The molecule has 102 valence electrons. The highest BCUT2D eigenvalue weighted by Crippen LogP contribution is 2.34. The Labute approximate surface area is 126 Å². The maximum absolute atomic E-state index is 5.61. The Bertz CT molecular complexity index is 367. The van der Waals surface area contributed by atoms with Crippen molar-refractivity contribution in [3.8, 4) is 5.75 Å². The minimum atomic E-state index is 0.391. The second kappa shape index (κ2) is 8.18. The Morgan fingerprint density at radius 2 is 1.94 bits per heavy atom. The van der Waals surface area contributed by atoms with Crippen LogP contribution in [0.5, 0.6) is 5.75 Å². The van der Waals surface area contributed by atoms with Gasteiger partial charge in [-0.2, -0.15) is 0 Å². The molecule has 0 spiro atoms. The van der Waals surface area contributed by atoms with E-state index >= 15 is 0 Å². The fourth-order valence-corrected chi connectivity index (χ4v) is 3.16. The van der Waals surface area contributed by atoms with Crippen LogP contribution < -0.4 is 4.74 Å². The Morgan fingerprint density at radius 1 is 1.22 bits per heavy atom. The van der Waals surface area contributed by atoms with Gasteiger partial charge in [0.05, 0.1) is 11.1 Å². The third-order valence-electron chi connectivity index (χ3n) is 2.54. The molecular formula is C14H20Br2O2. The first kappa shape index (κ1) is 16.0. The van der Waals surface area contributed by atoms with E-state index in [2.05, 4.69) is 57.8 Å². The Kier molecular flexibility index (Phi) is 7.27. The van der Waals surface area contributed by atoms with Gasteiger partial charge in [-0.3, -0.25) is 0 Å². The van der Waals surface area contributed by atoms with Crippen molar-refractivity contribution in [1.29, 1.82) is 0 Å². The number of ether oxygens (including phenoxy) is 2. The first-order valence-electron chi connectivity index (χ1n) is 6.09. The van der Waals surface area contributed by atoms with Crippen molar-refractivity contribution in [1.82, 2.24) is 0 Å². The predicted molar refractivity (Wildman–Crippen MR) is 82.6 cm³/mol. The zero-order chi connectivity index (χ0) is 13.5. The summed E-state index contributed by atoms with van der Waals surface area (Å²) in [6, 6.07) is 6.22. The molecule has 0 bridgehead atoms. The molecule has 4 heteroatoms. The van der Waals surface area contributed by atoms with E-state index in [0.717, 1.165) is 16.6 Å². The lowest BCUT2D eigenvalue weighted by Gasteiger charge is -2.15. The number of methoxy groups -OCH3 is 1. The van der Waals surface area contributed by atoms with E-state index in [1.165, 1.54) is 5.56 Å². The first-order chi connectivity index (χ1) is 8.54. The van der Waals surface area contributed by atoms with E-state index in [9.17, 15) is 0 Å². The summed E-state index contributed by atoms with van der Waals surface area (Å²) in [5.74, 6) is 1.53. The van der Waals surface area contributed by atoms with Crippen LogP contribution in [-0.4, -0.2) is 20.3 Å². The van der Waals surface area contributed by atoms with E-state index in [-0.39, 0.29) is 0 Å². The number of alkyl halides is 1. The number of rotatable bonds is 7. The van der Waals surface area contributed by atoms with Gasteiger partial charge in [0.15, 0.2) is 0 Å². The zero-order valence-corrected chi connectivity index (χ0v) is 14.3. The summed E-state index contributed by atoms with van der Waals surface area (Å²) in [6.07, 6.45) is 1.12. The fraction of sp³-hybridized carbons (Fsp3) is 0.571. The molecule has 1 rings (SSSR count). The third-order valence-corrected chi connectivity index (χ3v) is 4.06. The van der Waals surface area contributed by atoms with Gasteiger partial charge in [0, 0.05) is 11.9 Å². The van der Waals surface area contributed by atoms with E-state index in [1.54, 1.807) is 7.11 Å². The molecule has 2 nitrogen and oxygen atoms in total. The van der Waals surface area contributed by atoms with Crippen molar-refractivity contribution in [3.05, 3.63) is 28.2 Å². The van der Waals surface area contributed by atoms with Crippen molar-refractivity contribution < 1.29 is 9.47 Å². The van der Waals surface area contributed by atoms with Crippen molar-refractivity contribution in [2.75, 3.05) is 20.3 Å². The Morgan fingerprint density at radius 3 is 2.50 bits per heavy atom. The maximum Gasteiger partial charge on any atom is 0.133 e. The summed E-state index contributed by atoms with van der Waals surface area (Å²) in [4.78, 5) is 0.391. The highest BCUT2D eigenvalue weighted by molar-refractivity contribution is 9.10. The molecule has 0 aliphatic heterocycles. The Hall–Kier alpha value is -0.0600. The van der Waals surface area contributed by atoms with Crippen LogP contribution in [0, 0.1) is 5.92 Å². The molecule has 0 saturated heterocycles. The molecule has 1 atom stereocenters. The summed E-state index contributed by atoms with van der Waals surface area (Å²) in [5, 5.41) is 0. The van der Waals surface area contributed by atoms with Gasteiger partial charge in [-0.25, -0.2) is 0 Å². The van der Waals surface area contributed by atoms with Crippen molar-refractivity contribution >= 4 is 31.9 Å². The average molecular weight is 380 g/mol. The van der Waals surface area contributed by atoms with Gasteiger partial charge in [0.1, 0.15) is 12.4 Å². The molecule has 1 aromatic carbocycles. The van der Waals surface area contributed by atoms with Gasteiger partial charge in [0.25, 0.3) is 0 Å². The van der Waals surface area contributed by atoms with E-state index in [0.29, 0.717) is 24.0 Å². The zero-order valence-electron chi connectivity index (χ0n) is 11.1. The van der Waals surface area contributed by atoms with Gasteiger partial charge < -0.3 is 9.47 Å². The second-order valence-electron chi connectivity index (χ2n) is 4.63. The monoisotopic (exact) mass is 378 g/mol. The summed E-state index contributed by atoms with van der Waals surface area (Å²) in [7, 11) is 1.67. The molecule has 1 unspecified atom stereocenters. The number of hydrogen-bond acceptors (Lipinski definition) is 2. The van der Waals surface area contributed by atoms with Crippen molar-refractivity contribution in [3.63, 3.8) is 0 Å². The lowest BCUT2D eigenvalue weighted by atomic mass is 10.0.